The van der Waals surface area contributed by atoms with E-state index >= 15 is 0 Å². The average Bonchev–Trinajstić information content (AvgIpc) is 2.94. The molecule has 108 valence electrons. The molecule has 0 saturated heterocycles. The predicted molar refractivity (Wildman–Crippen MR) is 80.2 cm³/mol. The number of aryl methyl sites for hydroxylation is 1. The lowest BCUT2D eigenvalue weighted by molar-refractivity contribution is -0.521. The summed E-state index contributed by atoms with van der Waals surface area (Å²) in [6, 6.07) is 3.77. The molecule has 0 radical (unpaired) electrons. The highest BCUT2D eigenvalue weighted by Crippen LogP contribution is 2.24. The number of rotatable bonds is 3. The quantitative estimate of drug-likeness (QED) is 0.595. The highest BCUT2D eigenvalue weighted by Gasteiger charge is 2.30. The SMILES string of the molecule is CC(=O)c1c(O)[n+]2cccc(C)c2n1Cc1cnc(Cl)s1. The highest BCUT2D eigenvalue weighted by atomic mass is 35.5. The van der Waals surface area contributed by atoms with Crippen LogP contribution in [0.5, 0.6) is 5.88 Å². The summed E-state index contributed by atoms with van der Waals surface area (Å²) in [5.74, 6) is -0.233. The van der Waals surface area contributed by atoms with E-state index < -0.39 is 0 Å². The smallest absolute Gasteiger partial charge is 0.339 e. The van der Waals surface area contributed by atoms with Crippen LogP contribution in [0.2, 0.25) is 4.47 Å². The zero-order chi connectivity index (χ0) is 15.1. The number of hydrogen-bond acceptors (Lipinski definition) is 4. The molecule has 21 heavy (non-hydrogen) atoms. The van der Waals surface area contributed by atoms with Crippen LogP contribution in [0.1, 0.15) is 27.9 Å². The van der Waals surface area contributed by atoms with Crippen molar-refractivity contribution in [2.45, 2.75) is 20.4 Å². The monoisotopic (exact) mass is 322 g/mol. The summed E-state index contributed by atoms with van der Waals surface area (Å²) < 4.78 is 3.88. The summed E-state index contributed by atoms with van der Waals surface area (Å²) in [6.45, 7) is 3.82. The Morgan fingerprint density at radius 1 is 1.57 bits per heavy atom. The molecule has 0 aliphatic carbocycles. The maximum atomic E-state index is 11.9. The number of carbonyl (C=O) groups excluding carboxylic acids is 1. The van der Waals surface area contributed by atoms with Crippen LogP contribution < -0.4 is 4.40 Å². The molecule has 0 aliphatic rings. The minimum atomic E-state index is -0.189. The highest BCUT2D eigenvalue weighted by molar-refractivity contribution is 7.15. The minimum absolute atomic E-state index is 0.0446. The molecule has 3 aromatic rings. The van der Waals surface area contributed by atoms with E-state index in [9.17, 15) is 9.90 Å². The number of ketones is 1. The normalized spacial score (nSPS) is 11.2. The molecule has 0 unspecified atom stereocenters. The van der Waals surface area contributed by atoms with Gasteiger partial charge in [0.05, 0.1) is 11.1 Å². The van der Waals surface area contributed by atoms with E-state index in [0.29, 0.717) is 11.0 Å². The van der Waals surface area contributed by atoms with Crippen molar-refractivity contribution in [3.8, 4) is 5.88 Å². The van der Waals surface area contributed by atoms with Gasteiger partial charge < -0.3 is 5.11 Å². The van der Waals surface area contributed by atoms with E-state index in [2.05, 4.69) is 4.98 Å². The van der Waals surface area contributed by atoms with Gasteiger partial charge in [-0.2, -0.15) is 4.40 Å². The van der Waals surface area contributed by atoms with Crippen LogP contribution in [0, 0.1) is 6.92 Å². The van der Waals surface area contributed by atoms with E-state index in [4.69, 9.17) is 11.6 Å². The van der Waals surface area contributed by atoms with E-state index in [1.54, 1.807) is 21.4 Å². The van der Waals surface area contributed by atoms with Crippen molar-refractivity contribution >= 4 is 34.4 Å². The number of Topliss-reactive ketones (excluding diaryl/α,β-unsaturated/α-hetero) is 1. The molecule has 7 heteroatoms. The number of halogens is 1. The number of hydrogen-bond donors (Lipinski definition) is 1. The van der Waals surface area contributed by atoms with Crippen molar-refractivity contribution in [1.82, 2.24) is 9.55 Å². The first-order valence-electron chi connectivity index (χ1n) is 6.32. The number of carbonyl (C=O) groups is 1. The zero-order valence-corrected chi connectivity index (χ0v) is 13.1. The van der Waals surface area contributed by atoms with Gasteiger partial charge in [-0.15, -0.1) is 11.3 Å². The third kappa shape index (κ3) is 2.30. The molecule has 3 rings (SSSR count). The van der Waals surface area contributed by atoms with Gasteiger partial charge in [0.25, 0.3) is 11.3 Å². The lowest BCUT2D eigenvalue weighted by atomic mass is 10.3. The summed E-state index contributed by atoms with van der Waals surface area (Å²) >= 11 is 7.22. The van der Waals surface area contributed by atoms with Crippen LogP contribution in [-0.4, -0.2) is 20.4 Å². The number of imidazole rings is 1. The first-order chi connectivity index (χ1) is 9.99. The maximum absolute atomic E-state index is 11.9. The molecule has 0 atom stereocenters. The van der Waals surface area contributed by atoms with Crippen LogP contribution >= 0.6 is 22.9 Å². The summed E-state index contributed by atoms with van der Waals surface area (Å²) in [7, 11) is 0. The predicted octanol–water partition coefficient (Wildman–Crippen LogP) is 2.60. The van der Waals surface area contributed by atoms with Gasteiger partial charge in [0, 0.05) is 18.7 Å². The molecular weight excluding hydrogens is 310 g/mol. The van der Waals surface area contributed by atoms with Gasteiger partial charge in [-0.25, -0.2) is 9.55 Å². The second-order valence-corrected chi connectivity index (χ2v) is 6.48. The van der Waals surface area contributed by atoms with E-state index in [-0.39, 0.29) is 17.4 Å². The summed E-state index contributed by atoms with van der Waals surface area (Å²) in [6.07, 6.45) is 3.42. The van der Waals surface area contributed by atoms with Crippen LogP contribution in [-0.2, 0) is 6.54 Å². The molecule has 0 spiro atoms. The molecule has 5 nitrogen and oxygen atoms in total. The van der Waals surface area contributed by atoms with Gasteiger partial charge in [-0.1, -0.05) is 11.6 Å². The Morgan fingerprint density at radius 2 is 2.33 bits per heavy atom. The molecule has 3 heterocycles. The molecule has 0 aliphatic heterocycles. The first kappa shape index (κ1) is 14.0. The van der Waals surface area contributed by atoms with Crippen molar-refractivity contribution in [2.75, 3.05) is 0 Å². The fraction of sp³-hybridized carbons (Fsp3) is 0.214. The Labute approximate surface area is 130 Å². The Kier molecular flexibility index (Phi) is 3.43. The number of thiazole rings is 1. The number of pyridine rings is 1. The minimum Gasteiger partial charge on any atom is -0.474 e. The molecule has 3 aromatic heterocycles. The van der Waals surface area contributed by atoms with Crippen molar-refractivity contribution in [2.24, 2.45) is 0 Å². The van der Waals surface area contributed by atoms with Crippen LogP contribution in [0.3, 0.4) is 0 Å². The largest absolute Gasteiger partial charge is 0.474 e. The second-order valence-electron chi connectivity index (χ2n) is 4.78. The molecule has 0 aromatic carbocycles. The van der Waals surface area contributed by atoms with Gasteiger partial charge in [-0.05, 0) is 19.1 Å². The van der Waals surface area contributed by atoms with Gasteiger partial charge in [0.15, 0.2) is 4.47 Å². The molecule has 0 fully saturated rings. The third-order valence-corrected chi connectivity index (χ3v) is 4.40. The Bertz CT molecular complexity index is 853. The standard InChI is InChI=1S/C14H12ClN3O2S/c1-8-4-3-5-17-12(8)18(11(9(2)19)13(17)20)7-10-6-16-14(15)21-10/h3-6H,7H2,1-2H3/p+1. The van der Waals surface area contributed by atoms with Crippen molar-refractivity contribution in [3.05, 3.63) is 45.1 Å². The van der Waals surface area contributed by atoms with Gasteiger partial charge >= 0.3 is 5.88 Å². The van der Waals surface area contributed by atoms with Crippen LogP contribution in [0.15, 0.2) is 24.5 Å². The number of nitrogens with zero attached hydrogens (tertiary/aromatic N) is 3. The average molecular weight is 323 g/mol. The molecule has 0 bridgehead atoms. The summed E-state index contributed by atoms with van der Waals surface area (Å²) in [5.41, 5.74) is 2.04. The Morgan fingerprint density at radius 3 is 2.95 bits per heavy atom. The van der Waals surface area contributed by atoms with Crippen LogP contribution in [0.25, 0.3) is 5.65 Å². The topological polar surface area (TPSA) is 59.2 Å². The molecular formula is C14H13ClN3O2S+. The number of aromatic nitrogens is 3. The molecule has 0 saturated carbocycles. The van der Waals surface area contributed by atoms with Gasteiger partial charge in [0.1, 0.15) is 6.54 Å². The fourth-order valence-corrected chi connectivity index (χ4v) is 3.44. The fourth-order valence-electron chi connectivity index (χ4n) is 2.48. The maximum Gasteiger partial charge on any atom is 0.339 e. The Balaban J connectivity index is 2.28. The molecule has 1 N–H and O–H groups in total. The second kappa shape index (κ2) is 5.13. The Hall–Kier alpha value is -1.92. The number of fused-ring (bicyclic) bond motifs is 1. The van der Waals surface area contributed by atoms with E-state index in [1.807, 2.05) is 19.1 Å². The van der Waals surface area contributed by atoms with Gasteiger partial charge in [-0.3, -0.25) is 4.79 Å². The van der Waals surface area contributed by atoms with E-state index in [1.165, 1.54) is 18.3 Å². The molecule has 0 amide bonds. The van der Waals surface area contributed by atoms with Crippen molar-refractivity contribution in [1.29, 1.82) is 0 Å². The van der Waals surface area contributed by atoms with Crippen LogP contribution in [0.4, 0.5) is 0 Å². The lowest BCUT2D eigenvalue weighted by Crippen LogP contribution is -2.20. The summed E-state index contributed by atoms with van der Waals surface area (Å²) in [4.78, 5) is 16.9. The van der Waals surface area contributed by atoms with Crippen molar-refractivity contribution < 1.29 is 14.3 Å². The first-order valence-corrected chi connectivity index (χ1v) is 7.52. The zero-order valence-electron chi connectivity index (χ0n) is 11.5. The number of aromatic hydroxyl groups is 1. The summed E-state index contributed by atoms with van der Waals surface area (Å²) in [5, 5.41) is 10.3. The third-order valence-electron chi connectivity index (χ3n) is 3.30. The van der Waals surface area contributed by atoms with E-state index in [0.717, 1.165) is 16.1 Å². The van der Waals surface area contributed by atoms with Crippen molar-refractivity contribution in [3.63, 3.8) is 0 Å². The van der Waals surface area contributed by atoms with Gasteiger partial charge in [0.2, 0.25) is 5.78 Å². The lowest BCUT2D eigenvalue weighted by Gasteiger charge is -1.99.